The van der Waals surface area contributed by atoms with Crippen LogP contribution in [0.2, 0.25) is 0 Å². The summed E-state index contributed by atoms with van der Waals surface area (Å²) in [5.74, 6) is -1.29. The van der Waals surface area contributed by atoms with Gasteiger partial charge >= 0.3 is 0 Å². The number of nitriles is 2. The summed E-state index contributed by atoms with van der Waals surface area (Å²) < 4.78 is 28.2. The number of hydrogen-bond donors (Lipinski definition) is 1. The van der Waals surface area contributed by atoms with Crippen molar-refractivity contribution >= 4 is 21.4 Å². The number of nitrogens with one attached hydrogen (secondary N) is 1. The molecule has 6 nitrogen and oxygen atoms in total. The van der Waals surface area contributed by atoms with Crippen LogP contribution >= 0.6 is 0 Å². The molecule has 0 spiro atoms. The fourth-order valence-corrected chi connectivity index (χ4v) is 5.47. The first-order chi connectivity index (χ1) is 15.8. The van der Waals surface area contributed by atoms with Gasteiger partial charge in [-0.2, -0.15) is 10.5 Å². The lowest BCUT2D eigenvalue weighted by atomic mass is 9.70. The fraction of sp³-hybridized carbons (Fsp3) is 0.192. The predicted molar refractivity (Wildman–Crippen MR) is 124 cm³/mol. The quantitative estimate of drug-likeness (QED) is 0.701. The van der Waals surface area contributed by atoms with Crippen LogP contribution in [-0.2, 0) is 21.2 Å². The van der Waals surface area contributed by atoms with Crippen molar-refractivity contribution in [1.29, 1.82) is 10.5 Å². The molecule has 4 rings (SSSR count). The molecule has 2 aliphatic carbocycles. The third kappa shape index (κ3) is 4.37. The first-order valence-electron chi connectivity index (χ1n) is 10.5. The van der Waals surface area contributed by atoms with Gasteiger partial charge in [0.15, 0.2) is 5.78 Å². The highest BCUT2D eigenvalue weighted by molar-refractivity contribution is 7.89. The van der Waals surface area contributed by atoms with Crippen molar-refractivity contribution in [3.8, 4) is 12.1 Å². The highest BCUT2D eigenvalue weighted by Gasteiger charge is 2.36. The number of carbonyl (C=O) groups excluding carboxylic acids is 1. The van der Waals surface area contributed by atoms with Crippen molar-refractivity contribution in [2.45, 2.75) is 24.7 Å². The van der Waals surface area contributed by atoms with Gasteiger partial charge in [0.05, 0.1) is 4.90 Å². The zero-order chi connectivity index (χ0) is 23.6. The normalized spacial score (nSPS) is 19.7. The van der Waals surface area contributed by atoms with Gasteiger partial charge in [-0.25, -0.2) is 8.42 Å². The van der Waals surface area contributed by atoms with Crippen LogP contribution in [0, 0.1) is 41.4 Å². The first-order valence-corrected chi connectivity index (χ1v) is 12.0. The fourth-order valence-electron chi connectivity index (χ4n) is 4.41. The molecule has 0 aliphatic heterocycles. The largest absolute Gasteiger partial charge is 0.294 e. The summed E-state index contributed by atoms with van der Waals surface area (Å²) in [6.45, 7) is 1.87. The van der Waals surface area contributed by atoms with Crippen LogP contribution < -0.4 is 4.72 Å². The molecule has 2 aliphatic rings. The Hall–Kier alpha value is -3.94. The molecule has 2 aromatic carbocycles. The van der Waals surface area contributed by atoms with E-state index in [9.17, 15) is 23.7 Å². The first kappa shape index (κ1) is 22.3. The molecular formula is C26H21N3O3S. The second-order valence-corrected chi connectivity index (χ2v) is 9.80. The van der Waals surface area contributed by atoms with E-state index in [1.807, 2.05) is 43.3 Å². The number of aryl methyl sites for hydroxylation is 2. The highest BCUT2D eigenvalue weighted by Crippen LogP contribution is 2.43. The van der Waals surface area contributed by atoms with Gasteiger partial charge in [0, 0.05) is 17.5 Å². The van der Waals surface area contributed by atoms with Gasteiger partial charge in [-0.15, -0.1) is 0 Å². The Labute approximate surface area is 193 Å². The minimum atomic E-state index is -3.83. The number of rotatable bonds is 4. The van der Waals surface area contributed by atoms with E-state index in [1.54, 1.807) is 18.2 Å². The van der Waals surface area contributed by atoms with Crippen LogP contribution in [0.5, 0.6) is 0 Å². The lowest BCUT2D eigenvalue weighted by Gasteiger charge is -2.33. The van der Waals surface area contributed by atoms with Gasteiger partial charge in [-0.05, 0) is 66.8 Å². The van der Waals surface area contributed by atoms with E-state index < -0.39 is 21.9 Å². The molecule has 164 valence electrons. The molecule has 0 radical (unpaired) electrons. The summed E-state index contributed by atoms with van der Waals surface area (Å²) in [4.78, 5) is 13.0. The number of benzene rings is 2. The summed E-state index contributed by atoms with van der Waals surface area (Å²) in [6.07, 6.45) is 5.66. The molecule has 0 bridgehead atoms. The molecule has 2 atom stereocenters. The summed E-state index contributed by atoms with van der Waals surface area (Å²) >= 11 is 0. The van der Waals surface area contributed by atoms with Crippen LogP contribution in [-0.4, -0.2) is 14.2 Å². The lowest BCUT2D eigenvalue weighted by Crippen LogP contribution is -2.31. The van der Waals surface area contributed by atoms with E-state index >= 15 is 0 Å². The third-order valence-corrected chi connectivity index (χ3v) is 7.42. The van der Waals surface area contributed by atoms with Gasteiger partial charge in [0.25, 0.3) is 10.0 Å². The van der Waals surface area contributed by atoms with Crippen LogP contribution in [0.25, 0.3) is 5.57 Å². The Morgan fingerprint density at radius 3 is 2.42 bits per heavy atom. The van der Waals surface area contributed by atoms with Gasteiger partial charge in [0.1, 0.15) is 17.7 Å². The molecule has 0 saturated heterocycles. The minimum Gasteiger partial charge on any atom is -0.294 e. The van der Waals surface area contributed by atoms with E-state index in [0.717, 1.165) is 16.7 Å². The average Bonchev–Trinajstić information content (AvgIpc) is 2.81. The number of carbonyl (C=O) groups is 1. The van der Waals surface area contributed by atoms with Gasteiger partial charge in [-0.1, -0.05) is 42.0 Å². The number of ketones is 1. The molecule has 0 saturated carbocycles. The molecule has 0 fully saturated rings. The average molecular weight is 456 g/mol. The predicted octanol–water partition coefficient (Wildman–Crippen LogP) is 3.98. The SMILES string of the molecule is Cc1ccc(S(=O)(=O)NC2=CC(C3CCc4ccccc4C3=C(C#N)C#N)C(=O)C=C2)cc1. The van der Waals surface area contributed by atoms with Crippen molar-refractivity contribution in [3.05, 3.63) is 94.7 Å². The molecule has 0 heterocycles. The Bertz CT molecular complexity index is 1390. The molecule has 2 unspecified atom stereocenters. The van der Waals surface area contributed by atoms with Crippen LogP contribution in [0.3, 0.4) is 0 Å². The molecule has 2 aromatic rings. The maximum absolute atomic E-state index is 12.9. The topological polar surface area (TPSA) is 111 Å². The molecule has 33 heavy (non-hydrogen) atoms. The Morgan fingerprint density at radius 1 is 1.03 bits per heavy atom. The Morgan fingerprint density at radius 2 is 1.73 bits per heavy atom. The second kappa shape index (κ2) is 8.90. The molecule has 7 heteroatoms. The van der Waals surface area contributed by atoms with E-state index in [2.05, 4.69) is 4.72 Å². The standard InChI is InChI=1S/C26H21N3O3S/c1-17-6-10-21(11-7-17)33(31,32)29-20-9-13-25(30)24(14-20)23-12-8-18-4-2-3-5-22(18)26(23)19(15-27)16-28/h2-7,9-11,13-14,23-24,29H,8,12H2,1H3. The van der Waals surface area contributed by atoms with Crippen molar-refractivity contribution in [2.75, 3.05) is 0 Å². The van der Waals surface area contributed by atoms with E-state index in [4.69, 9.17) is 0 Å². The van der Waals surface area contributed by atoms with Crippen molar-refractivity contribution < 1.29 is 13.2 Å². The molecule has 0 amide bonds. The monoisotopic (exact) mass is 455 g/mol. The summed E-state index contributed by atoms with van der Waals surface area (Å²) in [5.41, 5.74) is 3.57. The van der Waals surface area contributed by atoms with Crippen LogP contribution in [0.15, 0.2) is 82.9 Å². The summed E-state index contributed by atoms with van der Waals surface area (Å²) in [5, 5.41) is 19.2. The van der Waals surface area contributed by atoms with Crippen molar-refractivity contribution in [2.24, 2.45) is 11.8 Å². The van der Waals surface area contributed by atoms with Crippen LogP contribution in [0.1, 0.15) is 23.1 Å². The van der Waals surface area contributed by atoms with Gasteiger partial charge < -0.3 is 0 Å². The number of hydrogen-bond acceptors (Lipinski definition) is 5. The number of sulfonamides is 1. The Kier molecular flexibility index (Phi) is 6.00. The third-order valence-electron chi connectivity index (χ3n) is 6.03. The zero-order valence-corrected chi connectivity index (χ0v) is 18.8. The maximum Gasteiger partial charge on any atom is 0.261 e. The van der Waals surface area contributed by atoms with E-state index in [1.165, 1.54) is 24.3 Å². The van der Waals surface area contributed by atoms with Crippen molar-refractivity contribution in [1.82, 2.24) is 4.72 Å². The number of nitrogens with zero attached hydrogens (tertiary/aromatic N) is 2. The Balaban J connectivity index is 1.72. The van der Waals surface area contributed by atoms with Crippen molar-refractivity contribution in [3.63, 3.8) is 0 Å². The number of fused-ring (bicyclic) bond motifs is 1. The summed E-state index contributed by atoms with van der Waals surface area (Å²) in [7, 11) is -3.83. The molecular weight excluding hydrogens is 434 g/mol. The number of allylic oxidation sites excluding steroid dienone is 5. The second-order valence-electron chi connectivity index (χ2n) is 8.12. The summed E-state index contributed by atoms with van der Waals surface area (Å²) in [6, 6.07) is 18.0. The maximum atomic E-state index is 12.9. The zero-order valence-electron chi connectivity index (χ0n) is 17.9. The minimum absolute atomic E-state index is 0.0234. The molecule has 1 N–H and O–H groups in total. The smallest absolute Gasteiger partial charge is 0.261 e. The van der Waals surface area contributed by atoms with E-state index in [0.29, 0.717) is 18.4 Å². The van der Waals surface area contributed by atoms with Crippen LogP contribution in [0.4, 0.5) is 0 Å². The lowest BCUT2D eigenvalue weighted by molar-refractivity contribution is -0.117. The van der Waals surface area contributed by atoms with Gasteiger partial charge in [0.2, 0.25) is 0 Å². The van der Waals surface area contributed by atoms with Gasteiger partial charge in [-0.3, -0.25) is 9.52 Å². The molecule has 0 aromatic heterocycles. The van der Waals surface area contributed by atoms with E-state index in [-0.39, 0.29) is 21.9 Å². The highest BCUT2D eigenvalue weighted by atomic mass is 32.2.